The van der Waals surface area contributed by atoms with Gasteiger partial charge in [-0.25, -0.2) is 0 Å². The van der Waals surface area contributed by atoms with Crippen LogP contribution in [0.3, 0.4) is 0 Å². The first-order valence-corrected chi connectivity index (χ1v) is 10.8. The lowest BCUT2D eigenvalue weighted by atomic mass is 10.2. The molecule has 0 saturated heterocycles. The van der Waals surface area contributed by atoms with Crippen molar-refractivity contribution < 1.29 is 15.3 Å². The van der Waals surface area contributed by atoms with Gasteiger partial charge in [-0.15, -0.1) is 0 Å². The molecule has 2 rings (SSSR count). The van der Waals surface area contributed by atoms with E-state index in [2.05, 4.69) is 33.9 Å². The molecule has 26 heavy (non-hydrogen) atoms. The highest BCUT2D eigenvalue weighted by atomic mass is 28.4. The van der Waals surface area contributed by atoms with Gasteiger partial charge in [0.15, 0.2) is 0 Å². The summed E-state index contributed by atoms with van der Waals surface area (Å²) in [6.45, 7) is 11.2. The van der Waals surface area contributed by atoms with E-state index in [0.717, 1.165) is 11.4 Å². The monoisotopic (exact) mass is 383 g/mol. The largest absolute Gasteiger partial charge is 0.544 e. The number of nitrogens with two attached hydrogens (primary N) is 2. The summed E-state index contributed by atoms with van der Waals surface area (Å²) in [5, 5.41) is 8.93. The number of rotatable bonds is 2. The van der Waals surface area contributed by atoms with Gasteiger partial charge >= 0.3 is 0 Å². The standard InChI is InChI=1S/C12H21NOSi.C6H7NO.CH3F.CH4/c1-12(2,3)15(4,5)14-11-8-6-10(13)7-9-11;7-5-1-3-6(8)4-2-5;1-2;/h6-9H,13H2,1-5H3;1-4,8H,7H2;1H3;1H4/i;;1D;. The molecule has 4 nitrogen and oxygen atoms in total. The lowest BCUT2D eigenvalue weighted by molar-refractivity contribution is 0.475. The molecule has 0 spiro atoms. The van der Waals surface area contributed by atoms with Crippen molar-refractivity contribution in [3.8, 4) is 11.5 Å². The number of benzene rings is 2. The van der Waals surface area contributed by atoms with E-state index in [-0.39, 0.29) is 18.2 Å². The van der Waals surface area contributed by atoms with Gasteiger partial charge in [-0.05, 0) is 66.7 Å². The Morgan fingerprint density at radius 2 is 1.31 bits per heavy atom. The Kier molecular flexibility index (Phi) is 10.4. The third kappa shape index (κ3) is 9.32. The van der Waals surface area contributed by atoms with E-state index >= 15 is 0 Å². The molecule has 0 aliphatic carbocycles. The molecule has 0 aliphatic heterocycles. The van der Waals surface area contributed by atoms with Crippen molar-refractivity contribution in [3.05, 3.63) is 48.5 Å². The second kappa shape index (κ2) is 11.4. The van der Waals surface area contributed by atoms with E-state index in [9.17, 15) is 4.39 Å². The van der Waals surface area contributed by atoms with Gasteiger partial charge in [0.25, 0.3) is 0 Å². The molecule has 0 bridgehead atoms. The van der Waals surface area contributed by atoms with Crippen LogP contribution in [0, 0.1) is 0 Å². The number of alkyl halides is 1. The molecule has 0 radical (unpaired) electrons. The molecule has 0 aromatic heterocycles. The summed E-state index contributed by atoms with van der Waals surface area (Å²) in [5.74, 6) is 1.18. The predicted octanol–water partition coefficient (Wildman–Crippen LogP) is 5.85. The topological polar surface area (TPSA) is 81.5 Å². The molecular formula is C20H35FN2O2Si. The fourth-order valence-corrected chi connectivity index (χ4v) is 2.49. The van der Waals surface area contributed by atoms with Crippen LogP contribution in [-0.4, -0.2) is 20.6 Å². The van der Waals surface area contributed by atoms with Gasteiger partial charge in [0.1, 0.15) is 11.5 Å². The number of phenolic OH excluding ortho intramolecular Hbond substituents is 1. The highest BCUT2D eigenvalue weighted by Gasteiger charge is 2.38. The molecule has 0 heterocycles. The molecule has 2 aromatic carbocycles. The predicted molar refractivity (Wildman–Crippen MR) is 115 cm³/mol. The Balaban J connectivity index is 0. The molecule has 0 unspecified atom stereocenters. The van der Waals surface area contributed by atoms with Gasteiger partial charge in [0.2, 0.25) is 8.32 Å². The van der Waals surface area contributed by atoms with Gasteiger partial charge < -0.3 is 21.0 Å². The molecule has 5 N–H and O–H groups in total. The molecule has 0 fully saturated rings. The molecule has 0 saturated carbocycles. The minimum absolute atomic E-state index is 0. The van der Waals surface area contributed by atoms with Crippen molar-refractivity contribution in [1.82, 2.24) is 0 Å². The minimum atomic E-state index is -1.70. The van der Waals surface area contributed by atoms with Crippen LogP contribution in [0.5, 0.6) is 11.5 Å². The van der Waals surface area contributed by atoms with Crippen molar-refractivity contribution >= 4 is 19.7 Å². The Bertz CT molecular complexity index is 609. The summed E-state index contributed by atoms with van der Waals surface area (Å²) in [6, 6.07) is 14.0. The zero-order valence-electron chi connectivity index (χ0n) is 16.7. The smallest absolute Gasteiger partial charge is 0.250 e. The number of anilines is 2. The molecular weight excluding hydrogens is 347 g/mol. The number of hydrogen-bond acceptors (Lipinski definition) is 4. The minimum Gasteiger partial charge on any atom is -0.544 e. The number of halogens is 1. The second-order valence-corrected chi connectivity index (χ2v) is 11.7. The maximum absolute atomic E-state index is 9.96. The van der Waals surface area contributed by atoms with Crippen LogP contribution in [-0.2, 0) is 0 Å². The summed E-state index contributed by atoms with van der Waals surface area (Å²) < 4.78 is 21.6. The number of hydrogen-bond donors (Lipinski definition) is 3. The maximum Gasteiger partial charge on any atom is 0.250 e. The zero-order valence-corrected chi connectivity index (χ0v) is 16.7. The van der Waals surface area contributed by atoms with Crippen molar-refractivity contribution in [2.45, 2.75) is 46.3 Å². The summed E-state index contributed by atoms with van der Waals surface area (Å²) in [7, 11) is -2.70. The van der Waals surface area contributed by atoms with Crippen molar-refractivity contribution in [3.63, 3.8) is 0 Å². The van der Waals surface area contributed by atoms with Gasteiger partial charge in [0, 0.05) is 11.4 Å². The molecule has 0 aliphatic rings. The van der Waals surface area contributed by atoms with E-state index < -0.39 is 15.5 Å². The van der Waals surface area contributed by atoms with Crippen LogP contribution in [0.4, 0.5) is 15.8 Å². The van der Waals surface area contributed by atoms with Crippen LogP contribution >= 0.6 is 0 Å². The Morgan fingerprint density at radius 1 is 0.962 bits per heavy atom. The van der Waals surface area contributed by atoms with E-state index in [1.165, 1.54) is 0 Å². The number of nitrogen functional groups attached to an aromatic ring is 2. The van der Waals surface area contributed by atoms with Gasteiger partial charge in [0.05, 0.1) is 8.52 Å². The van der Waals surface area contributed by atoms with Gasteiger partial charge in [-0.3, -0.25) is 4.39 Å². The molecule has 148 valence electrons. The van der Waals surface area contributed by atoms with Gasteiger partial charge in [-0.1, -0.05) is 28.2 Å². The van der Waals surface area contributed by atoms with Gasteiger partial charge in [-0.2, -0.15) is 0 Å². The third-order valence-corrected chi connectivity index (χ3v) is 8.31. The zero-order chi connectivity index (χ0) is 20.4. The van der Waals surface area contributed by atoms with E-state index in [1.807, 2.05) is 24.3 Å². The number of phenols is 1. The van der Waals surface area contributed by atoms with Crippen molar-refractivity contribution in [1.29, 1.82) is 0 Å². The van der Waals surface area contributed by atoms with E-state index in [0.29, 0.717) is 5.69 Å². The van der Waals surface area contributed by atoms with Crippen LogP contribution < -0.4 is 15.9 Å². The maximum atomic E-state index is 9.96. The normalized spacial score (nSPS) is 10.8. The SMILES string of the molecule is C.CC(C)(C)[Si](C)(C)Oc1ccc(N)cc1.Nc1ccc(O)cc1.[2H]CF. The summed E-state index contributed by atoms with van der Waals surface area (Å²) >= 11 is 0. The quantitative estimate of drug-likeness (QED) is 0.345. The first-order chi connectivity index (χ1) is 11.9. The Labute approximate surface area is 160 Å². The summed E-state index contributed by atoms with van der Waals surface area (Å²) in [6.07, 6.45) is 0. The summed E-state index contributed by atoms with van der Waals surface area (Å²) in [4.78, 5) is 0. The van der Waals surface area contributed by atoms with E-state index in [1.54, 1.807) is 24.3 Å². The van der Waals surface area contributed by atoms with Crippen molar-refractivity contribution in [2.24, 2.45) is 0 Å². The average molecular weight is 384 g/mol. The molecule has 0 amide bonds. The summed E-state index contributed by atoms with van der Waals surface area (Å²) in [5.41, 5.74) is 12.4. The third-order valence-electron chi connectivity index (χ3n) is 3.95. The molecule has 6 heteroatoms. The lowest BCUT2D eigenvalue weighted by Crippen LogP contribution is -2.43. The fourth-order valence-electron chi connectivity index (χ4n) is 1.46. The lowest BCUT2D eigenvalue weighted by Gasteiger charge is -2.36. The molecule has 2 aromatic rings. The fraction of sp³-hybridized carbons (Fsp3) is 0.400. The average Bonchev–Trinajstić information content (AvgIpc) is 2.53. The van der Waals surface area contributed by atoms with Crippen LogP contribution in [0.25, 0.3) is 0 Å². The first-order valence-electron chi connectivity index (χ1n) is 8.58. The highest BCUT2D eigenvalue weighted by molar-refractivity contribution is 6.74. The Morgan fingerprint density at radius 3 is 1.62 bits per heavy atom. The molecule has 0 atom stereocenters. The second-order valence-electron chi connectivity index (χ2n) is 7.02. The van der Waals surface area contributed by atoms with Crippen molar-refractivity contribution in [2.75, 3.05) is 18.6 Å². The van der Waals surface area contributed by atoms with E-state index in [4.69, 9.17) is 22.4 Å². The highest BCUT2D eigenvalue weighted by Crippen LogP contribution is 2.37. The first kappa shape index (κ1) is 23.8. The van der Waals surface area contributed by atoms with Crippen LogP contribution in [0.1, 0.15) is 29.6 Å². The Hall–Kier alpha value is -2.21. The van der Waals surface area contributed by atoms with Crippen LogP contribution in [0.2, 0.25) is 18.1 Å². The van der Waals surface area contributed by atoms with Crippen LogP contribution in [0.15, 0.2) is 48.5 Å². The number of aromatic hydroxyl groups is 1.